The van der Waals surface area contributed by atoms with Crippen molar-refractivity contribution in [3.05, 3.63) is 56.8 Å². The molecule has 6 heteroatoms. The van der Waals surface area contributed by atoms with Crippen molar-refractivity contribution in [2.24, 2.45) is 10.2 Å². The monoisotopic (exact) mass is 188 g/mol. The van der Waals surface area contributed by atoms with E-state index in [0.717, 1.165) is 5.56 Å². The molecule has 0 aliphatic rings. The summed E-state index contributed by atoms with van der Waals surface area (Å²) in [5.41, 5.74) is 17.3. The molecule has 0 N–H and O–H groups in total. The second-order valence-corrected chi connectivity index (χ2v) is 2.54. The van der Waals surface area contributed by atoms with Crippen LogP contribution >= 0.6 is 0 Å². The Labute approximate surface area is 80.4 Å². The Morgan fingerprint density at radius 2 is 1.86 bits per heavy atom. The van der Waals surface area contributed by atoms with Gasteiger partial charge in [0.2, 0.25) is 0 Å². The molecule has 1 atom stereocenters. The van der Waals surface area contributed by atoms with Crippen LogP contribution in [-0.4, -0.2) is 6.54 Å². The van der Waals surface area contributed by atoms with Gasteiger partial charge >= 0.3 is 0 Å². The van der Waals surface area contributed by atoms with Crippen LogP contribution in [0.25, 0.3) is 20.9 Å². The van der Waals surface area contributed by atoms with Crippen molar-refractivity contribution in [1.29, 1.82) is 0 Å². The summed E-state index contributed by atoms with van der Waals surface area (Å²) in [6.07, 6.45) is 0. The van der Waals surface area contributed by atoms with E-state index in [4.69, 9.17) is 11.1 Å². The van der Waals surface area contributed by atoms with Gasteiger partial charge in [0.05, 0.1) is 6.04 Å². The quantitative estimate of drug-likeness (QED) is 0.393. The van der Waals surface area contributed by atoms with E-state index in [9.17, 15) is 0 Å². The van der Waals surface area contributed by atoms with Crippen LogP contribution in [0.5, 0.6) is 0 Å². The van der Waals surface area contributed by atoms with Gasteiger partial charge in [0.25, 0.3) is 0 Å². The molecule has 0 fully saturated rings. The first kappa shape index (κ1) is 9.92. The normalized spacial score (nSPS) is 10.9. The summed E-state index contributed by atoms with van der Waals surface area (Å²) in [5, 5.41) is 6.93. The third-order valence-corrected chi connectivity index (χ3v) is 1.69. The highest BCUT2D eigenvalue weighted by Crippen LogP contribution is 2.17. The highest BCUT2D eigenvalue weighted by atomic mass is 15.2. The van der Waals surface area contributed by atoms with E-state index in [1.165, 1.54) is 0 Å². The second kappa shape index (κ2) is 5.48. The highest BCUT2D eigenvalue weighted by Gasteiger charge is 2.06. The molecule has 0 heterocycles. The third-order valence-electron chi connectivity index (χ3n) is 1.69. The summed E-state index contributed by atoms with van der Waals surface area (Å²) >= 11 is 0. The van der Waals surface area contributed by atoms with Gasteiger partial charge < -0.3 is 0 Å². The molecular formula is C8H8N6. The average molecular weight is 188 g/mol. The number of hydrogen-bond donors (Lipinski definition) is 0. The molecule has 0 aliphatic carbocycles. The molecule has 0 saturated carbocycles. The fourth-order valence-corrected chi connectivity index (χ4v) is 1.06. The zero-order chi connectivity index (χ0) is 10.2. The molecule has 1 aromatic carbocycles. The van der Waals surface area contributed by atoms with Crippen molar-refractivity contribution in [3.8, 4) is 0 Å². The first-order chi connectivity index (χ1) is 6.88. The average Bonchev–Trinajstić information content (AvgIpc) is 2.25. The number of hydrogen-bond acceptors (Lipinski definition) is 2. The van der Waals surface area contributed by atoms with Crippen molar-refractivity contribution < 1.29 is 0 Å². The van der Waals surface area contributed by atoms with E-state index < -0.39 is 6.04 Å². The highest BCUT2D eigenvalue weighted by molar-refractivity contribution is 5.19. The van der Waals surface area contributed by atoms with Crippen LogP contribution in [0, 0.1) is 0 Å². The predicted molar refractivity (Wildman–Crippen MR) is 52.3 cm³/mol. The summed E-state index contributed by atoms with van der Waals surface area (Å²) < 4.78 is 0. The molecule has 0 aromatic heterocycles. The van der Waals surface area contributed by atoms with E-state index in [2.05, 4.69) is 20.1 Å². The summed E-state index contributed by atoms with van der Waals surface area (Å²) in [6.45, 7) is 0.143. The van der Waals surface area contributed by atoms with Crippen LogP contribution in [-0.2, 0) is 0 Å². The Morgan fingerprint density at radius 3 is 2.43 bits per heavy atom. The van der Waals surface area contributed by atoms with Gasteiger partial charge in [-0.2, -0.15) is 0 Å². The summed E-state index contributed by atoms with van der Waals surface area (Å²) in [6, 6.07) is 8.77. The second-order valence-electron chi connectivity index (χ2n) is 2.54. The van der Waals surface area contributed by atoms with Crippen molar-refractivity contribution in [2.75, 3.05) is 6.54 Å². The Balaban J connectivity index is 2.88. The van der Waals surface area contributed by atoms with Crippen molar-refractivity contribution >= 4 is 0 Å². The van der Waals surface area contributed by atoms with Crippen LogP contribution in [0.3, 0.4) is 0 Å². The van der Waals surface area contributed by atoms with E-state index in [1.54, 1.807) is 0 Å². The van der Waals surface area contributed by atoms with E-state index >= 15 is 0 Å². The minimum atomic E-state index is -0.419. The van der Waals surface area contributed by atoms with Gasteiger partial charge in [-0.1, -0.05) is 40.6 Å². The Kier molecular flexibility index (Phi) is 3.88. The lowest BCUT2D eigenvalue weighted by molar-refractivity contribution is 0.727. The van der Waals surface area contributed by atoms with E-state index in [0.29, 0.717) is 0 Å². The van der Waals surface area contributed by atoms with Crippen LogP contribution in [0.1, 0.15) is 11.6 Å². The molecule has 0 saturated heterocycles. The van der Waals surface area contributed by atoms with E-state index in [-0.39, 0.29) is 6.54 Å². The zero-order valence-electron chi connectivity index (χ0n) is 7.35. The summed E-state index contributed by atoms with van der Waals surface area (Å²) in [7, 11) is 0. The topological polar surface area (TPSA) is 97.5 Å². The van der Waals surface area contributed by atoms with Crippen molar-refractivity contribution in [2.45, 2.75) is 6.04 Å². The lowest BCUT2D eigenvalue weighted by Crippen LogP contribution is -1.97. The molecular weight excluding hydrogens is 180 g/mol. The van der Waals surface area contributed by atoms with Crippen LogP contribution < -0.4 is 0 Å². The molecule has 14 heavy (non-hydrogen) atoms. The minimum absolute atomic E-state index is 0.143. The fraction of sp³-hybridized carbons (Fsp3) is 0.250. The fourth-order valence-electron chi connectivity index (χ4n) is 1.06. The lowest BCUT2D eigenvalue weighted by atomic mass is 10.1. The molecule has 0 bridgehead atoms. The maximum atomic E-state index is 8.32. The standard InChI is InChI=1S/C8H8N6/c9-13-11-6-8(12-14-10)7-4-2-1-3-5-7/h1-5,8H,6H2. The number of rotatable bonds is 4. The summed E-state index contributed by atoms with van der Waals surface area (Å²) in [4.78, 5) is 5.33. The third kappa shape index (κ3) is 2.71. The van der Waals surface area contributed by atoms with Gasteiger partial charge in [-0.3, -0.25) is 0 Å². The smallest absolute Gasteiger partial charge is 0.0681 e. The van der Waals surface area contributed by atoms with Gasteiger partial charge in [0.1, 0.15) is 0 Å². The molecule has 0 radical (unpaired) electrons. The number of benzene rings is 1. The molecule has 1 aromatic rings. The largest absolute Gasteiger partial charge is 0.0932 e. The SMILES string of the molecule is [N-]=[N+]=NCC(N=[N+]=[N-])c1ccccc1. The molecule has 0 aliphatic heterocycles. The molecule has 0 amide bonds. The van der Waals surface area contributed by atoms with Gasteiger partial charge in [-0.05, 0) is 16.6 Å². The minimum Gasteiger partial charge on any atom is -0.0932 e. The maximum Gasteiger partial charge on any atom is 0.0681 e. The Hall–Kier alpha value is -2.16. The lowest BCUT2D eigenvalue weighted by Gasteiger charge is -2.06. The van der Waals surface area contributed by atoms with Crippen LogP contribution in [0.4, 0.5) is 0 Å². The van der Waals surface area contributed by atoms with Gasteiger partial charge in [0.15, 0.2) is 0 Å². The molecule has 1 unspecified atom stereocenters. The maximum absolute atomic E-state index is 8.32. The molecule has 6 nitrogen and oxygen atoms in total. The first-order valence-electron chi connectivity index (χ1n) is 3.98. The molecule has 70 valence electrons. The Morgan fingerprint density at radius 1 is 1.14 bits per heavy atom. The summed E-state index contributed by atoms with van der Waals surface area (Å²) in [5.74, 6) is 0. The number of nitrogens with zero attached hydrogens (tertiary/aromatic N) is 6. The van der Waals surface area contributed by atoms with Crippen molar-refractivity contribution in [1.82, 2.24) is 0 Å². The number of azide groups is 2. The molecule has 0 spiro atoms. The predicted octanol–water partition coefficient (Wildman–Crippen LogP) is 3.35. The Bertz CT molecular complexity index is 374. The van der Waals surface area contributed by atoms with E-state index in [1.807, 2.05) is 30.3 Å². The zero-order valence-corrected chi connectivity index (χ0v) is 7.35. The van der Waals surface area contributed by atoms with Gasteiger partial charge in [0, 0.05) is 16.4 Å². The van der Waals surface area contributed by atoms with Crippen LogP contribution in [0.15, 0.2) is 40.6 Å². The first-order valence-corrected chi connectivity index (χ1v) is 3.98. The van der Waals surface area contributed by atoms with Crippen molar-refractivity contribution in [3.63, 3.8) is 0 Å². The van der Waals surface area contributed by atoms with Crippen LogP contribution in [0.2, 0.25) is 0 Å². The van der Waals surface area contributed by atoms with Gasteiger partial charge in [-0.25, -0.2) is 0 Å². The van der Waals surface area contributed by atoms with Gasteiger partial charge in [-0.15, -0.1) is 0 Å². The molecule has 1 rings (SSSR count).